The fourth-order valence-corrected chi connectivity index (χ4v) is 2.87. The van der Waals surface area contributed by atoms with Crippen molar-refractivity contribution in [1.82, 2.24) is 15.5 Å². The number of nitrogens with zero attached hydrogens (tertiary/aromatic N) is 2. The number of benzene rings is 2. The van der Waals surface area contributed by atoms with Crippen LogP contribution in [0.15, 0.2) is 46.9 Å². The van der Waals surface area contributed by atoms with E-state index in [4.69, 9.17) is 18.6 Å². The predicted molar refractivity (Wildman–Crippen MR) is 106 cm³/mol. The third-order valence-electron chi connectivity index (χ3n) is 4.28. The quantitative estimate of drug-likeness (QED) is 0.593. The molecule has 0 spiro atoms. The Bertz CT molecular complexity index is 931. The molecule has 0 aliphatic carbocycles. The molecular weight excluding hydrogens is 374 g/mol. The fourth-order valence-electron chi connectivity index (χ4n) is 2.87. The lowest BCUT2D eigenvalue weighted by Crippen LogP contribution is -2.26. The Kier molecular flexibility index (Phi) is 6.67. The van der Waals surface area contributed by atoms with Crippen molar-refractivity contribution in [3.8, 4) is 17.2 Å². The molecule has 0 bridgehead atoms. The van der Waals surface area contributed by atoms with E-state index in [0.29, 0.717) is 36.1 Å². The second-order valence-electron chi connectivity index (χ2n) is 6.20. The maximum atomic E-state index is 12.2. The van der Waals surface area contributed by atoms with Crippen LogP contribution in [0.3, 0.4) is 0 Å². The zero-order valence-corrected chi connectivity index (χ0v) is 16.6. The highest BCUT2D eigenvalue weighted by molar-refractivity contribution is 5.89. The summed E-state index contributed by atoms with van der Waals surface area (Å²) in [6.07, 6.45) is 1.04. The Hall–Kier alpha value is -3.55. The first-order chi connectivity index (χ1) is 14.1. The van der Waals surface area contributed by atoms with Gasteiger partial charge in [0.25, 0.3) is 0 Å². The van der Waals surface area contributed by atoms with E-state index in [1.54, 1.807) is 33.5 Å². The van der Waals surface area contributed by atoms with E-state index in [9.17, 15) is 4.79 Å². The zero-order valence-electron chi connectivity index (χ0n) is 16.6. The van der Waals surface area contributed by atoms with E-state index in [1.807, 2.05) is 30.3 Å². The van der Waals surface area contributed by atoms with Crippen LogP contribution in [-0.4, -0.2) is 44.0 Å². The first-order valence-corrected chi connectivity index (χ1v) is 9.08. The first-order valence-electron chi connectivity index (χ1n) is 9.08. The smallest absolute Gasteiger partial charge is 0.308 e. The van der Waals surface area contributed by atoms with Crippen molar-refractivity contribution in [3.63, 3.8) is 0 Å². The minimum Gasteiger partial charge on any atom is -0.493 e. The third kappa shape index (κ3) is 5.04. The average Bonchev–Trinajstić information content (AvgIpc) is 3.22. The molecule has 2 aromatic carbocycles. The van der Waals surface area contributed by atoms with Gasteiger partial charge >= 0.3 is 11.8 Å². The first kappa shape index (κ1) is 20.2. The number of nitrogens with one attached hydrogen (secondary N) is 1. The largest absolute Gasteiger partial charge is 0.493 e. The van der Waals surface area contributed by atoms with Crippen LogP contribution in [0.1, 0.15) is 27.7 Å². The number of hydrogen-bond acceptors (Lipinski definition) is 7. The lowest BCUT2D eigenvalue weighted by molar-refractivity contribution is 0.0918. The molecule has 0 saturated heterocycles. The lowest BCUT2D eigenvalue weighted by Gasteiger charge is -2.13. The molecule has 1 heterocycles. The minimum absolute atomic E-state index is 0.0690. The number of ether oxygens (including phenoxy) is 3. The number of carbonyl (C=O) groups excluding carboxylic acids is 1. The van der Waals surface area contributed by atoms with Crippen molar-refractivity contribution < 1.29 is 23.4 Å². The van der Waals surface area contributed by atoms with Crippen LogP contribution < -0.4 is 19.5 Å². The maximum absolute atomic E-state index is 12.2. The Morgan fingerprint density at radius 3 is 2.28 bits per heavy atom. The molecule has 152 valence electrons. The van der Waals surface area contributed by atoms with Crippen LogP contribution in [-0.2, 0) is 12.8 Å². The van der Waals surface area contributed by atoms with Crippen LogP contribution in [0.4, 0.5) is 0 Å². The van der Waals surface area contributed by atoms with Crippen molar-refractivity contribution in [2.45, 2.75) is 12.8 Å². The molecule has 8 heteroatoms. The molecule has 29 heavy (non-hydrogen) atoms. The number of carbonyl (C=O) groups is 1. The van der Waals surface area contributed by atoms with Gasteiger partial charge in [0.2, 0.25) is 11.6 Å². The van der Waals surface area contributed by atoms with Crippen LogP contribution in [0, 0.1) is 0 Å². The molecule has 3 rings (SSSR count). The summed E-state index contributed by atoms with van der Waals surface area (Å²) in [5.41, 5.74) is 1.96. The molecule has 1 N–H and O–H groups in total. The molecule has 3 aromatic rings. The second kappa shape index (κ2) is 9.59. The number of rotatable bonds is 9. The van der Waals surface area contributed by atoms with Crippen LogP contribution >= 0.6 is 0 Å². The van der Waals surface area contributed by atoms with Gasteiger partial charge in [0, 0.05) is 6.54 Å². The minimum atomic E-state index is -0.399. The van der Waals surface area contributed by atoms with Crippen molar-refractivity contribution in [2.24, 2.45) is 0 Å². The molecule has 0 radical (unpaired) electrons. The monoisotopic (exact) mass is 397 g/mol. The zero-order chi connectivity index (χ0) is 20.6. The maximum Gasteiger partial charge on any atom is 0.308 e. The van der Waals surface area contributed by atoms with Gasteiger partial charge in [-0.25, -0.2) is 0 Å². The number of methoxy groups -OCH3 is 3. The van der Waals surface area contributed by atoms with Gasteiger partial charge in [0.1, 0.15) is 0 Å². The Labute approximate surface area is 168 Å². The second-order valence-corrected chi connectivity index (χ2v) is 6.20. The van der Waals surface area contributed by atoms with Crippen LogP contribution in [0.2, 0.25) is 0 Å². The summed E-state index contributed by atoms with van der Waals surface area (Å²) in [6.45, 7) is 0.480. The Morgan fingerprint density at radius 1 is 0.966 bits per heavy atom. The van der Waals surface area contributed by atoms with Crippen molar-refractivity contribution in [1.29, 1.82) is 0 Å². The third-order valence-corrected chi connectivity index (χ3v) is 4.28. The standard InChI is InChI=1S/C21H23N3O5/c1-26-16-11-15(12-17(27-2)19(16)28-3)13-18-23-24-21(29-18)20(25)22-10-9-14-7-5-4-6-8-14/h4-8,11-12H,9-10,13H2,1-3H3,(H,22,25). The molecule has 0 aliphatic heterocycles. The van der Waals surface area contributed by atoms with Crippen molar-refractivity contribution in [2.75, 3.05) is 27.9 Å². The summed E-state index contributed by atoms with van der Waals surface area (Å²) in [4.78, 5) is 12.2. The summed E-state index contributed by atoms with van der Waals surface area (Å²) in [5.74, 6) is 1.40. The van der Waals surface area contributed by atoms with Crippen LogP contribution in [0.5, 0.6) is 17.2 Å². The SMILES string of the molecule is COc1cc(Cc2nnc(C(=O)NCCc3ccccc3)o2)cc(OC)c1OC. The normalized spacial score (nSPS) is 10.4. The highest BCUT2D eigenvalue weighted by Gasteiger charge is 2.17. The summed E-state index contributed by atoms with van der Waals surface area (Å²) < 4.78 is 21.5. The molecule has 0 saturated carbocycles. The molecule has 1 aromatic heterocycles. The van der Waals surface area contributed by atoms with Gasteiger partial charge in [-0.3, -0.25) is 4.79 Å². The highest BCUT2D eigenvalue weighted by atomic mass is 16.5. The summed E-state index contributed by atoms with van der Waals surface area (Å²) >= 11 is 0. The van der Waals surface area contributed by atoms with Gasteiger partial charge in [-0.15, -0.1) is 10.2 Å². The Balaban J connectivity index is 1.63. The molecule has 1 amide bonds. The lowest BCUT2D eigenvalue weighted by atomic mass is 10.1. The van der Waals surface area contributed by atoms with E-state index in [-0.39, 0.29) is 5.89 Å². The van der Waals surface area contributed by atoms with E-state index >= 15 is 0 Å². The van der Waals surface area contributed by atoms with Gasteiger partial charge in [-0.2, -0.15) is 0 Å². The molecule has 0 aliphatic rings. The number of aromatic nitrogens is 2. The van der Waals surface area contributed by atoms with Crippen molar-refractivity contribution >= 4 is 5.91 Å². The molecule has 0 fully saturated rings. The van der Waals surface area contributed by atoms with Gasteiger partial charge in [0.05, 0.1) is 27.8 Å². The van der Waals surface area contributed by atoms with Gasteiger partial charge < -0.3 is 23.9 Å². The van der Waals surface area contributed by atoms with E-state index in [2.05, 4.69) is 15.5 Å². The van der Waals surface area contributed by atoms with E-state index in [0.717, 1.165) is 17.5 Å². The van der Waals surface area contributed by atoms with Gasteiger partial charge in [0.15, 0.2) is 11.5 Å². The Morgan fingerprint density at radius 2 is 1.66 bits per heavy atom. The average molecular weight is 397 g/mol. The molecule has 0 atom stereocenters. The van der Waals surface area contributed by atoms with Crippen LogP contribution in [0.25, 0.3) is 0 Å². The summed E-state index contributed by atoms with van der Waals surface area (Å²) in [7, 11) is 4.64. The highest BCUT2D eigenvalue weighted by Crippen LogP contribution is 2.38. The van der Waals surface area contributed by atoms with E-state index in [1.165, 1.54) is 0 Å². The topological polar surface area (TPSA) is 95.7 Å². The van der Waals surface area contributed by atoms with Gasteiger partial charge in [-0.1, -0.05) is 30.3 Å². The molecule has 0 unspecified atom stereocenters. The fraction of sp³-hybridized carbons (Fsp3) is 0.286. The predicted octanol–water partition coefficient (Wildman–Crippen LogP) is 2.66. The van der Waals surface area contributed by atoms with Gasteiger partial charge in [-0.05, 0) is 29.7 Å². The van der Waals surface area contributed by atoms with Crippen molar-refractivity contribution in [3.05, 3.63) is 65.4 Å². The molecule has 8 nitrogen and oxygen atoms in total. The number of hydrogen-bond donors (Lipinski definition) is 1. The summed E-state index contributed by atoms with van der Waals surface area (Å²) in [5, 5.41) is 10.6. The number of amides is 1. The summed E-state index contributed by atoms with van der Waals surface area (Å²) in [6, 6.07) is 13.5. The molecular formula is C21H23N3O5. The van der Waals surface area contributed by atoms with E-state index < -0.39 is 5.91 Å².